The van der Waals surface area contributed by atoms with E-state index < -0.39 is 0 Å². The zero-order valence-corrected chi connectivity index (χ0v) is 7.76. The second-order valence-electron chi connectivity index (χ2n) is 2.56. The van der Waals surface area contributed by atoms with E-state index in [0.717, 1.165) is 23.7 Å². The Kier molecular flexibility index (Phi) is 3.02. The molecule has 0 nitrogen and oxygen atoms in total. The molecule has 1 aromatic carbocycles. The number of halogens is 1. The van der Waals surface area contributed by atoms with Gasteiger partial charge < -0.3 is 0 Å². The Morgan fingerprint density at radius 1 is 1.45 bits per heavy atom. The zero-order valence-electron chi connectivity index (χ0n) is 6.60. The van der Waals surface area contributed by atoms with Crippen LogP contribution in [0.3, 0.4) is 0 Å². The molecule has 0 bridgehead atoms. The smallest absolute Gasteiger partial charge is 0.127 e. The molecule has 1 rings (SSSR count). The lowest BCUT2D eigenvalue weighted by atomic mass is 10.1. The maximum atomic E-state index is 13.0. The van der Waals surface area contributed by atoms with Crippen LogP contribution in [0.25, 0.3) is 0 Å². The second-order valence-corrected chi connectivity index (χ2v) is 3.18. The molecule has 0 aliphatic rings. The minimum atomic E-state index is -0.0839. The average molecular weight is 170 g/mol. The number of hydrogen-bond donors (Lipinski definition) is 0. The number of hydrogen-bond acceptors (Lipinski definition) is 0. The second kappa shape index (κ2) is 3.82. The Balaban J connectivity index is 3.00. The predicted molar refractivity (Wildman–Crippen MR) is 49.7 cm³/mol. The van der Waals surface area contributed by atoms with Gasteiger partial charge in [0.1, 0.15) is 5.82 Å². The molecule has 0 saturated carbocycles. The van der Waals surface area contributed by atoms with Crippen molar-refractivity contribution in [2.75, 3.05) is 0 Å². The monoisotopic (exact) mass is 170 g/mol. The van der Waals surface area contributed by atoms with Gasteiger partial charge in [-0.15, -0.1) is 9.24 Å². The Morgan fingerprint density at radius 3 is 2.73 bits per heavy atom. The molecule has 0 aromatic heterocycles. The summed E-state index contributed by atoms with van der Waals surface area (Å²) in [5, 5.41) is 0.979. The summed E-state index contributed by atoms with van der Waals surface area (Å²) in [7, 11) is 2.55. The molecule has 1 aromatic rings. The van der Waals surface area contributed by atoms with Crippen LogP contribution in [0.4, 0.5) is 4.39 Å². The van der Waals surface area contributed by atoms with Crippen LogP contribution in [0.15, 0.2) is 18.2 Å². The molecular weight excluding hydrogens is 158 g/mol. The Labute approximate surface area is 69.0 Å². The average Bonchev–Trinajstić information content (AvgIpc) is 1.97. The van der Waals surface area contributed by atoms with E-state index in [4.69, 9.17) is 0 Å². The minimum Gasteiger partial charge on any atom is -0.207 e. The molecule has 1 atom stereocenters. The lowest BCUT2D eigenvalue weighted by Crippen LogP contribution is -2.03. The zero-order chi connectivity index (χ0) is 8.27. The van der Waals surface area contributed by atoms with Gasteiger partial charge in [-0.1, -0.05) is 25.5 Å². The van der Waals surface area contributed by atoms with Crippen LogP contribution in [-0.4, -0.2) is 0 Å². The van der Waals surface area contributed by atoms with Crippen molar-refractivity contribution >= 4 is 14.5 Å². The molecule has 0 fully saturated rings. The van der Waals surface area contributed by atoms with Crippen LogP contribution >= 0.6 is 9.24 Å². The van der Waals surface area contributed by atoms with E-state index in [0.29, 0.717) is 0 Å². The van der Waals surface area contributed by atoms with Crippen molar-refractivity contribution in [3.63, 3.8) is 0 Å². The molecule has 0 saturated heterocycles. The van der Waals surface area contributed by atoms with Crippen molar-refractivity contribution in [1.29, 1.82) is 0 Å². The first-order chi connectivity index (χ1) is 5.25. The Bertz CT molecular complexity index is 225. The molecule has 0 radical (unpaired) electrons. The van der Waals surface area contributed by atoms with Gasteiger partial charge in [0.2, 0.25) is 0 Å². The van der Waals surface area contributed by atoms with Crippen molar-refractivity contribution in [3.05, 3.63) is 29.6 Å². The predicted octanol–water partition coefficient (Wildman–Crippen LogP) is 2.28. The van der Waals surface area contributed by atoms with Gasteiger partial charge in [-0.05, 0) is 23.4 Å². The van der Waals surface area contributed by atoms with E-state index in [1.165, 1.54) is 6.07 Å². The summed E-state index contributed by atoms with van der Waals surface area (Å²) in [6.45, 7) is 2.05. The third kappa shape index (κ3) is 2.00. The first kappa shape index (κ1) is 8.67. The maximum Gasteiger partial charge on any atom is 0.127 e. The highest BCUT2D eigenvalue weighted by Crippen LogP contribution is 2.09. The molecule has 0 heterocycles. The summed E-state index contributed by atoms with van der Waals surface area (Å²) >= 11 is 0. The lowest BCUT2D eigenvalue weighted by Gasteiger charge is -2.03. The Morgan fingerprint density at radius 2 is 2.18 bits per heavy atom. The van der Waals surface area contributed by atoms with E-state index in [-0.39, 0.29) is 5.82 Å². The minimum absolute atomic E-state index is 0.0839. The first-order valence-corrected chi connectivity index (χ1v) is 4.36. The highest BCUT2D eigenvalue weighted by molar-refractivity contribution is 7.27. The van der Waals surface area contributed by atoms with Gasteiger partial charge in [0.25, 0.3) is 0 Å². The van der Waals surface area contributed by atoms with E-state index in [9.17, 15) is 4.39 Å². The first-order valence-electron chi connectivity index (χ1n) is 3.78. The summed E-state index contributed by atoms with van der Waals surface area (Å²) in [5.74, 6) is -0.0839. The molecule has 0 aliphatic carbocycles. The largest absolute Gasteiger partial charge is 0.207 e. The van der Waals surface area contributed by atoms with Crippen LogP contribution < -0.4 is 5.30 Å². The number of rotatable bonds is 2. The van der Waals surface area contributed by atoms with Gasteiger partial charge in [0.05, 0.1) is 0 Å². The van der Waals surface area contributed by atoms with Crippen molar-refractivity contribution in [3.8, 4) is 0 Å². The van der Waals surface area contributed by atoms with Gasteiger partial charge in [-0.25, -0.2) is 4.39 Å². The van der Waals surface area contributed by atoms with Crippen LogP contribution in [0.1, 0.15) is 18.9 Å². The molecule has 0 N–H and O–H groups in total. The fourth-order valence-corrected chi connectivity index (χ4v) is 1.48. The van der Waals surface area contributed by atoms with Gasteiger partial charge in [0.15, 0.2) is 0 Å². The van der Waals surface area contributed by atoms with Crippen LogP contribution in [-0.2, 0) is 6.42 Å². The summed E-state index contributed by atoms with van der Waals surface area (Å²) < 4.78 is 13.0. The molecule has 60 valence electrons. The fourth-order valence-electron chi connectivity index (χ4n) is 1.09. The van der Waals surface area contributed by atoms with Gasteiger partial charge in [-0.2, -0.15) is 0 Å². The molecule has 0 aliphatic heterocycles. The van der Waals surface area contributed by atoms with E-state index in [2.05, 4.69) is 16.2 Å². The summed E-state index contributed by atoms with van der Waals surface area (Å²) in [5.41, 5.74) is 0.833. The molecular formula is C9H12FP. The van der Waals surface area contributed by atoms with E-state index >= 15 is 0 Å². The van der Waals surface area contributed by atoms with Gasteiger partial charge in [-0.3, -0.25) is 0 Å². The third-order valence-electron chi connectivity index (χ3n) is 1.66. The van der Waals surface area contributed by atoms with Crippen molar-refractivity contribution in [1.82, 2.24) is 0 Å². The molecule has 0 spiro atoms. The van der Waals surface area contributed by atoms with E-state index in [1.54, 1.807) is 6.07 Å². The van der Waals surface area contributed by atoms with Crippen molar-refractivity contribution < 1.29 is 4.39 Å². The SMILES string of the molecule is CCCc1c(F)cccc1P. The molecule has 2 heteroatoms. The van der Waals surface area contributed by atoms with Crippen molar-refractivity contribution in [2.24, 2.45) is 0 Å². The highest BCUT2D eigenvalue weighted by atomic mass is 31.0. The molecule has 0 amide bonds. The standard InChI is InChI=1S/C9H12FP/c1-2-4-7-8(10)5-3-6-9(7)11/h3,5-6H,2,4,11H2,1H3. The van der Waals surface area contributed by atoms with Crippen LogP contribution in [0.2, 0.25) is 0 Å². The lowest BCUT2D eigenvalue weighted by molar-refractivity contribution is 0.609. The highest BCUT2D eigenvalue weighted by Gasteiger charge is 2.02. The third-order valence-corrected chi connectivity index (χ3v) is 2.20. The van der Waals surface area contributed by atoms with Crippen molar-refractivity contribution in [2.45, 2.75) is 19.8 Å². The van der Waals surface area contributed by atoms with Gasteiger partial charge >= 0.3 is 0 Å². The topological polar surface area (TPSA) is 0 Å². The van der Waals surface area contributed by atoms with Crippen LogP contribution in [0.5, 0.6) is 0 Å². The fraction of sp³-hybridized carbons (Fsp3) is 0.333. The number of benzene rings is 1. The molecule has 1 unspecified atom stereocenters. The van der Waals surface area contributed by atoms with E-state index in [1.807, 2.05) is 6.07 Å². The Hall–Kier alpha value is -0.420. The molecule has 11 heavy (non-hydrogen) atoms. The normalized spacial score (nSPS) is 10.1. The summed E-state index contributed by atoms with van der Waals surface area (Å²) in [6, 6.07) is 5.16. The summed E-state index contributed by atoms with van der Waals surface area (Å²) in [6.07, 6.45) is 1.81. The summed E-state index contributed by atoms with van der Waals surface area (Å²) in [4.78, 5) is 0. The quantitative estimate of drug-likeness (QED) is 0.597. The van der Waals surface area contributed by atoms with Crippen LogP contribution in [0, 0.1) is 5.82 Å². The van der Waals surface area contributed by atoms with Gasteiger partial charge in [0, 0.05) is 0 Å². The maximum absolute atomic E-state index is 13.0.